The van der Waals surface area contributed by atoms with Gasteiger partial charge in [-0.25, -0.2) is 4.79 Å². The third-order valence-corrected chi connectivity index (χ3v) is 4.27. The topological polar surface area (TPSA) is 76.6 Å². The third kappa shape index (κ3) is 2.92. The molecule has 0 spiro atoms. The van der Waals surface area contributed by atoms with Gasteiger partial charge in [-0.05, 0) is 26.2 Å². The number of carbonyl (C=O) groups excluding carboxylic acids is 1. The van der Waals surface area contributed by atoms with Gasteiger partial charge in [-0.1, -0.05) is 11.3 Å². The highest BCUT2D eigenvalue weighted by atomic mass is 32.1. The van der Waals surface area contributed by atoms with Crippen molar-refractivity contribution in [3.63, 3.8) is 0 Å². The predicted molar refractivity (Wildman–Crippen MR) is 73.7 cm³/mol. The molecule has 2 fully saturated rings. The van der Waals surface area contributed by atoms with E-state index in [4.69, 9.17) is 9.47 Å². The highest BCUT2D eigenvalue weighted by Gasteiger charge is 2.36. The fraction of sp³-hybridized carbons (Fsp3) is 0.750. The average Bonchev–Trinajstić information content (AvgIpc) is 3.10. The van der Waals surface area contributed by atoms with E-state index in [1.165, 1.54) is 11.3 Å². The summed E-state index contributed by atoms with van der Waals surface area (Å²) in [7, 11) is 0. The Morgan fingerprint density at radius 2 is 2.15 bits per heavy atom. The number of rotatable bonds is 2. The van der Waals surface area contributed by atoms with Crippen molar-refractivity contribution in [1.82, 2.24) is 15.1 Å². The van der Waals surface area contributed by atoms with Gasteiger partial charge in [0.15, 0.2) is 6.29 Å². The molecule has 3 heterocycles. The van der Waals surface area contributed by atoms with Gasteiger partial charge in [-0.2, -0.15) is 0 Å². The fourth-order valence-corrected chi connectivity index (χ4v) is 3.18. The van der Waals surface area contributed by atoms with E-state index in [1.54, 1.807) is 4.90 Å². The quantitative estimate of drug-likeness (QED) is 0.897. The van der Waals surface area contributed by atoms with Crippen molar-refractivity contribution in [2.45, 2.75) is 38.5 Å². The molecular formula is C12H18N4O3S. The van der Waals surface area contributed by atoms with E-state index in [9.17, 15) is 4.79 Å². The highest BCUT2D eigenvalue weighted by molar-refractivity contribution is 7.15. The number of nitrogens with one attached hydrogen (secondary N) is 1. The normalized spacial score (nSPS) is 24.1. The monoisotopic (exact) mass is 298 g/mol. The number of piperidine rings is 1. The van der Waals surface area contributed by atoms with Crippen LogP contribution in [0.4, 0.5) is 9.93 Å². The molecule has 2 amide bonds. The van der Waals surface area contributed by atoms with E-state index in [1.807, 2.05) is 6.92 Å². The number of anilines is 1. The maximum Gasteiger partial charge on any atom is 0.324 e. The summed E-state index contributed by atoms with van der Waals surface area (Å²) in [6, 6.07) is -0.162. The van der Waals surface area contributed by atoms with Crippen LogP contribution in [0, 0.1) is 6.92 Å². The predicted octanol–water partition coefficient (Wildman–Crippen LogP) is 1.61. The Kier molecular flexibility index (Phi) is 4.13. The molecule has 1 N–H and O–H groups in total. The zero-order chi connectivity index (χ0) is 13.9. The molecule has 2 saturated heterocycles. The van der Waals surface area contributed by atoms with Crippen LogP contribution in [0.15, 0.2) is 0 Å². The Balaban J connectivity index is 1.67. The molecule has 7 nitrogen and oxygen atoms in total. The number of hydrogen-bond acceptors (Lipinski definition) is 6. The number of urea groups is 1. The van der Waals surface area contributed by atoms with Gasteiger partial charge in [-0.15, -0.1) is 10.2 Å². The second-order valence-corrected chi connectivity index (χ2v) is 6.10. The highest BCUT2D eigenvalue weighted by Crippen LogP contribution is 2.25. The van der Waals surface area contributed by atoms with Crippen molar-refractivity contribution >= 4 is 22.5 Å². The number of aromatic nitrogens is 2. The molecule has 1 atom stereocenters. The minimum absolute atomic E-state index is 0.0136. The number of amides is 2. The van der Waals surface area contributed by atoms with Crippen LogP contribution < -0.4 is 5.32 Å². The molecular weight excluding hydrogens is 280 g/mol. The first-order valence-corrected chi connectivity index (χ1v) is 7.66. The lowest BCUT2D eigenvalue weighted by Gasteiger charge is -2.37. The van der Waals surface area contributed by atoms with Crippen molar-refractivity contribution in [2.75, 3.05) is 25.1 Å². The first-order valence-electron chi connectivity index (χ1n) is 6.85. The molecule has 2 aliphatic rings. The van der Waals surface area contributed by atoms with Gasteiger partial charge in [0.1, 0.15) is 5.01 Å². The van der Waals surface area contributed by atoms with E-state index in [2.05, 4.69) is 15.5 Å². The zero-order valence-corrected chi connectivity index (χ0v) is 12.2. The van der Waals surface area contributed by atoms with E-state index in [-0.39, 0.29) is 18.4 Å². The third-order valence-electron chi connectivity index (χ3n) is 3.51. The molecule has 0 saturated carbocycles. The standard InChI is InChI=1S/C12H18N4O3S/c1-8-14-15-11(20-8)13-12(17)16-5-3-2-4-9(16)10-18-6-7-19-10/h9-10H,2-7H2,1H3,(H,13,15,17)/t9-/m1/s1. The minimum atomic E-state index is -0.294. The van der Waals surface area contributed by atoms with E-state index >= 15 is 0 Å². The molecule has 0 aliphatic carbocycles. The second kappa shape index (κ2) is 6.02. The van der Waals surface area contributed by atoms with Gasteiger partial charge < -0.3 is 14.4 Å². The van der Waals surface area contributed by atoms with Crippen LogP contribution in [-0.2, 0) is 9.47 Å². The van der Waals surface area contributed by atoms with E-state index < -0.39 is 0 Å². The van der Waals surface area contributed by atoms with Crippen molar-refractivity contribution in [3.05, 3.63) is 5.01 Å². The molecule has 1 aromatic heterocycles. The van der Waals surface area contributed by atoms with E-state index in [0.717, 1.165) is 30.8 Å². The smallest absolute Gasteiger partial charge is 0.324 e. The lowest BCUT2D eigenvalue weighted by atomic mass is 10.0. The van der Waals surface area contributed by atoms with Crippen LogP contribution >= 0.6 is 11.3 Å². The van der Waals surface area contributed by atoms with Crippen molar-refractivity contribution in [2.24, 2.45) is 0 Å². The summed E-state index contributed by atoms with van der Waals surface area (Å²) >= 11 is 1.37. The zero-order valence-electron chi connectivity index (χ0n) is 11.4. The number of ether oxygens (including phenoxy) is 2. The Morgan fingerprint density at radius 1 is 1.35 bits per heavy atom. The molecule has 3 rings (SSSR count). The van der Waals surface area contributed by atoms with Crippen molar-refractivity contribution in [1.29, 1.82) is 0 Å². The summed E-state index contributed by atoms with van der Waals surface area (Å²) in [5.41, 5.74) is 0. The molecule has 0 bridgehead atoms. The SMILES string of the molecule is Cc1nnc(NC(=O)N2CCCC[C@@H]2C2OCCO2)s1. The second-order valence-electron chi connectivity index (χ2n) is 4.92. The van der Waals surface area contributed by atoms with Crippen molar-refractivity contribution in [3.8, 4) is 0 Å². The van der Waals surface area contributed by atoms with Crippen LogP contribution in [0.2, 0.25) is 0 Å². The summed E-state index contributed by atoms with van der Waals surface area (Å²) < 4.78 is 11.1. The van der Waals surface area contributed by atoms with Crippen molar-refractivity contribution < 1.29 is 14.3 Å². The van der Waals surface area contributed by atoms with Gasteiger partial charge in [-0.3, -0.25) is 5.32 Å². The Hall–Kier alpha value is -1.25. The molecule has 2 aliphatic heterocycles. The van der Waals surface area contributed by atoms with Crippen LogP contribution in [-0.4, -0.2) is 53.2 Å². The number of nitrogens with zero attached hydrogens (tertiary/aromatic N) is 3. The largest absolute Gasteiger partial charge is 0.348 e. The van der Waals surface area contributed by atoms with Gasteiger partial charge in [0.25, 0.3) is 0 Å². The Morgan fingerprint density at radius 3 is 2.85 bits per heavy atom. The van der Waals surface area contributed by atoms with Gasteiger partial charge in [0, 0.05) is 6.54 Å². The summed E-state index contributed by atoms with van der Waals surface area (Å²) in [6.45, 7) is 3.78. The summed E-state index contributed by atoms with van der Waals surface area (Å²) in [5, 5.41) is 12.0. The maximum absolute atomic E-state index is 12.4. The number of aryl methyl sites for hydroxylation is 1. The molecule has 110 valence electrons. The van der Waals surface area contributed by atoms with E-state index in [0.29, 0.717) is 18.3 Å². The minimum Gasteiger partial charge on any atom is -0.348 e. The molecule has 8 heteroatoms. The molecule has 0 aromatic carbocycles. The number of likely N-dealkylation sites (tertiary alicyclic amines) is 1. The van der Waals surface area contributed by atoms with Crippen LogP contribution in [0.3, 0.4) is 0 Å². The lowest BCUT2D eigenvalue weighted by molar-refractivity contribution is -0.0973. The van der Waals surface area contributed by atoms with Gasteiger partial charge >= 0.3 is 6.03 Å². The first-order chi connectivity index (χ1) is 9.74. The van der Waals surface area contributed by atoms with Crippen LogP contribution in [0.5, 0.6) is 0 Å². The molecule has 0 unspecified atom stereocenters. The summed E-state index contributed by atoms with van der Waals surface area (Å²) in [6.07, 6.45) is 2.71. The molecule has 0 radical (unpaired) electrons. The fourth-order valence-electron chi connectivity index (χ4n) is 2.60. The Labute approximate surface area is 121 Å². The summed E-state index contributed by atoms with van der Waals surface area (Å²) in [5.74, 6) is 0. The molecule has 1 aromatic rings. The maximum atomic E-state index is 12.4. The van der Waals surface area contributed by atoms with Crippen LogP contribution in [0.25, 0.3) is 0 Å². The van der Waals surface area contributed by atoms with Gasteiger partial charge in [0.05, 0.1) is 19.3 Å². The lowest BCUT2D eigenvalue weighted by Crippen LogP contribution is -2.51. The summed E-state index contributed by atoms with van der Waals surface area (Å²) in [4.78, 5) is 14.2. The first kappa shape index (κ1) is 13.7. The number of hydrogen-bond donors (Lipinski definition) is 1. The number of carbonyl (C=O) groups is 1. The van der Waals surface area contributed by atoms with Crippen LogP contribution in [0.1, 0.15) is 24.3 Å². The molecule has 20 heavy (non-hydrogen) atoms. The Bertz CT molecular complexity index is 475. The van der Waals surface area contributed by atoms with Gasteiger partial charge in [0.2, 0.25) is 5.13 Å². The average molecular weight is 298 g/mol.